The maximum Gasteiger partial charge on any atom is 0.272 e. The molecule has 164 valence electrons. The van der Waals surface area contributed by atoms with Gasteiger partial charge in [-0.3, -0.25) is 9.59 Å². The Hall–Kier alpha value is -3.20. The molecule has 0 unspecified atom stereocenters. The van der Waals surface area contributed by atoms with Crippen LogP contribution in [0, 0.1) is 34.6 Å². The number of pyridine rings is 2. The van der Waals surface area contributed by atoms with E-state index in [1.165, 1.54) is 4.68 Å². The Labute approximate surface area is 185 Å². The molecule has 31 heavy (non-hydrogen) atoms. The zero-order valence-corrected chi connectivity index (χ0v) is 19.3. The summed E-state index contributed by atoms with van der Waals surface area (Å²) >= 11 is 1.60. The molecule has 0 bridgehead atoms. The molecule has 1 amide bonds. The van der Waals surface area contributed by atoms with Crippen LogP contribution < -0.4 is 22.0 Å². The van der Waals surface area contributed by atoms with E-state index >= 15 is 0 Å². The predicted molar refractivity (Wildman–Crippen MR) is 124 cm³/mol. The first kappa shape index (κ1) is 22.5. The van der Waals surface area contributed by atoms with E-state index in [0.29, 0.717) is 24.5 Å². The lowest BCUT2D eigenvalue weighted by Crippen LogP contribution is -2.34. The Morgan fingerprint density at radius 3 is 2.45 bits per heavy atom. The minimum atomic E-state index is -0.226. The van der Waals surface area contributed by atoms with Gasteiger partial charge in [0.25, 0.3) is 5.56 Å². The van der Waals surface area contributed by atoms with Crippen LogP contribution in [0.5, 0.6) is 0 Å². The molecule has 4 N–H and O–H groups in total. The van der Waals surface area contributed by atoms with Gasteiger partial charge < -0.3 is 16.5 Å². The molecule has 8 nitrogen and oxygen atoms in total. The zero-order chi connectivity index (χ0) is 22.7. The van der Waals surface area contributed by atoms with Gasteiger partial charge in [0.1, 0.15) is 5.82 Å². The number of anilines is 1. The van der Waals surface area contributed by atoms with Crippen molar-refractivity contribution in [1.29, 1.82) is 0 Å². The number of carbonyl (C=O) groups is 1. The lowest BCUT2D eigenvalue weighted by Gasteiger charge is -2.14. The number of hydrogen-bond donors (Lipinski definition) is 3. The van der Waals surface area contributed by atoms with Gasteiger partial charge >= 0.3 is 0 Å². The Kier molecular flexibility index (Phi) is 6.74. The van der Waals surface area contributed by atoms with Crippen molar-refractivity contribution < 1.29 is 4.79 Å². The molecule has 0 aliphatic rings. The standard InChI is InChI=1S/C22H28N6O2S/c1-12-6-7-28(25-11-19-15(4)26-16(5)31-19)22(30)17(12)9-21(29)24-10-18-13(2)8-20(23)27-14(18)3/h6-8,25H,9-11H2,1-5H3,(H2,23,27)(H,24,29). The van der Waals surface area contributed by atoms with Gasteiger partial charge in [0.2, 0.25) is 5.91 Å². The minimum absolute atomic E-state index is 0.00633. The van der Waals surface area contributed by atoms with Crippen molar-refractivity contribution >= 4 is 23.1 Å². The van der Waals surface area contributed by atoms with Gasteiger partial charge in [0, 0.05) is 28.9 Å². The highest BCUT2D eigenvalue weighted by atomic mass is 32.1. The number of aryl methyl sites for hydroxylation is 5. The van der Waals surface area contributed by atoms with Gasteiger partial charge in [0.05, 0.1) is 23.7 Å². The molecule has 0 saturated carbocycles. The predicted octanol–water partition coefficient (Wildman–Crippen LogP) is 2.43. The summed E-state index contributed by atoms with van der Waals surface area (Å²) in [6.07, 6.45) is 1.70. The van der Waals surface area contributed by atoms with Crippen molar-refractivity contribution in [2.45, 2.75) is 54.1 Å². The maximum absolute atomic E-state index is 12.9. The number of nitrogens with zero attached hydrogens (tertiary/aromatic N) is 3. The Morgan fingerprint density at radius 2 is 1.81 bits per heavy atom. The van der Waals surface area contributed by atoms with Crippen LogP contribution in [-0.4, -0.2) is 20.6 Å². The summed E-state index contributed by atoms with van der Waals surface area (Å²) in [5.41, 5.74) is 13.6. The van der Waals surface area contributed by atoms with Crippen LogP contribution >= 0.6 is 11.3 Å². The summed E-state index contributed by atoms with van der Waals surface area (Å²) in [4.78, 5) is 35.3. The van der Waals surface area contributed by atoms with E-state index in [2.05, 4.69) is 20.7 Å². The van der Waals surface area contributed by atoms with Crippen LogP contribution in [-0.2, 0) is 24.3 Å². The summed E-state index contributed by atoms with van der Waals surface area (Å²) in [5.74, 6) is 0.240. The van der Waals surface area contributed by atoms with Crippen LogP contribution in [0.1, 0.15) is 43.5 Å². The van der Waals surface area contributed by atoms with Gasteiger partial charge in [-0.1, -0.05) is 0 Å². The molecule has 0 saturated heterocycles. The zero-order valence-electron chi connectivity index (χ0n) is 18.5. The van der Waals surface area contributed by atoms with E-state index in [0.717, 1.165) is 38.0 Å². The third-order valence-corrected chi connectivity index (χ3v) is 6.28. The highest BCUT2D eigenvalue weighted by Crippen LogP contribution is 2.17. The van der Waals surface area contributed by atoms with Gasteiger partial charge in [-0.25, -0.2) is 14.6 Å². The van der Waals surface area contributed by atoms with E-state index in [9.17, 15) is 9.59 Å². The highest BCUT2D eigenvalue weighted by molar-refractivity contribution is 7.11. The molecule has 3 aromatic rings. The Morgan fingerprint density at radius 1 is 1.06 bits per heavy atom. The van der Waals surface area contributed by atoms with Crippen molar-refractivity contribution in [1.82, 2.24) is 20.0 Å². The van der Waals surface area contributed by atoms with Crippen molar-refractivity contribution in [3.63, 3.8) is 0 Å². The summed E-state index contributed by atoms with van der Waals surface area (Å²) in [7, 11) is 0. The topological polar surface area (TPSA) is 115 Å². The van der Waals surface area contributed by atoms with Crippen LogP contribution in [0.3, 0.4) is 0 Å². The van der Waals surface area contributed by atoms with E-state index in [-0.39, 0.29) is 17.9 Å². The molecule has 0 fully saturated rings. The second-order valence-electron chi connectivity index (χ2n) is 7.61. The summed E-state index contributed by atoms with van der Waals surface area (Å²) < 4.78 is 1.43. The largest absolute Gasteiger partial charge is 0.384 e. The molecule has 3 heterocycles. The Bertz CT molecular complexity index is 1160. The van der Waals surface area contributed by atoms with Gasteiger partial charge in [-0.05, 0) is 63.4 Å². The van der Waals surface area contributed by atoms with Crippen molar-refractivity contribution in [3.8, 4) is 0 Å². The van der Waals surface area contributed by atoms with Crippen LogP contribution in [0.2, 0.25) is 0 Å². The lowest BCUT2D eigenvalue weighted by molar-refractivity contribution is -0.120. The first-order valence-electron chi connectivity index (χ1n) is 10.0. The van der Waals surface area contributed by atoms with Gasteiger partial charge in [-0.2, -0.15) is 0 Å². The van der Waals surface area contributed by atoms with Crippen LogP contribution in [0.15, 0.2) is 23.1 Å². The molecule has 0 radical (unpaired) electrons. The molecular weight excluding hydrogens is 412 g/mol. The molecule has 0 aromatic carbocycles. The van der Waals surface area contributed by atoms with E-state index < -0.39 is 0 Å². The SMILES string of the molecule is Cc1nc(C)c(CNn2ccc(C)c(CC(=O)NCc3c(C)cc(N)nc3C)c2=O)s1. The quantitative estimate of drug-likeness (QED) is 0.520. The smallest absolute Gasteiger partial charge is 0.272 e. The number of rotatable bonds is 7. The second-order valence-corrected chi connectivity index (χ2v) is 8.90. The average Bonchev–Trinajstić information content (AvgIpc) is 3.00. The summed E-state index contributed by atoms with van der Waals surface area (Å²) in [5, 5.41) is 3.89. The molecule has 0 aliphatic carbocycles. The fraction of sp³-hybridized carbons (Fsp3) is 0.364. The van der Waals surface area contributed by atoms with E-state index in [4.69, 9.17) is 5.73 Å². The average molecular weight is 441 g/mol. The molecule has 0 aliphatic heterocycles. The van der Waals surface area contributed by atoms with Crippen molar-refractivity contribution in [3.05, 3.63) is 72.2 Å². The third-order valence-electron chi connectivity index (χ3n) is 5.21. The monoisotopic (exact) mass is 440 g/mol. The van der Waals surface area contributed by atoms with Crippen molar-refractivity contribution in [2.24, 2.45) is 0 Å². The number of hydrogen-bond acceptors (Lipinski definition) is 7. The number of amides is 1. The fourth-order valence-corrected chi connectivity index (χ4v) is 4.34. The van der Waals surface area contributed by atoms with E-state index in [1.54, 1.807) is 23.6 Å². The Balaban J connectivity index is 1.69. The molecule has 3 rings (SSSR count). The molecule has 9 heteroatoms. The number of nitrogens with one attached hydrogen (secondary N) is 2. The lowest BCUT2D eigenvalue weighted by atomic mass is 10.1. The fourth-order valence-electron chi connectivity index (χ4n) is 3.47. The number of nitrogen functional groups attached to an aromatic ring is 1. The molecule has 0 atom stereocenters. The number of aromatic nitrogens is 3. The van der Waals surface area contributed by atoms with Gasteiger partial charge in [-0.15, -0.1) is 11.3 Å². The number of thiazole rings is 1. The van der Waals surface area contributed by atoms with Crippen molar-refractivity contribution in [2.75, 3.05) is 11.2 Å². The maximum atomic E-state index is 12.9. The first-order valence-corrected chi connectivity index (χ1v) is 10.8. The van der Waals surface area contributed by atoms with Gasteiger partial charge in [0.15, 0.2) is 0 Å². The first-order chi connectivity index (χ1) is 14.7. The minimum Gasteiger partial charge on any atom is -0.384 e. The summed E-state index contributed by atoms with van der Waals surface area (Å²) in [6.45, 7) is 10.4. The van der Waals surface area contributed by atoms with E-state index in [1.807, 2.05) is 40.7 Å². The highest BCUT2D eigenvalue weighted by Gasteiger charge is 2.14. The summed E-state index contributed by atoms with van der Waals surface area (Å²) in [6, 6.07) is 3.62. The molecular formula is C22H28N6O2S. The normalized spacial score (nSPS) is 10.9. The molecule has 0 spiro atoms. The van der Waals surface area contributed by atoms with Crippen LogP contribution in [0.4, 0.5) is 5.82 Å². The number of nitrogens with two attached hydrogens (primary N) is 1. The number of carbonyl (C=O) groups excluding carboxylic acids is 1. The van der Waals surface area contributed by atoms with Crippen LogP contribution in [0.25, 0.3) is 0 Å². The second kappa shape index (κ2) is 9.30. The molecule has 3 aromatic heterocycles. The third kappa shape index (κ3) is 5.29.